The summed E-state index contributed by atoms with van der Waals surface area (Å²) in [5.41, 5.74) is 2.19. The maximum absolute atomic E-state index is 13.4. The summed E-state index contributed by atoms with van der Waals surface area (Å²) in [7, 11) is 3.53. The van der Waals surface area contributed by atoms with E-state index in [4.69, 9.17) is 9.47 Å². The molecular weight excluding hydrogens is 432 g/mol. The molecule has 5 aliphatic rings. The Hall–Kier alpha value is -0.830. The van der Waals surface area contributed by atoms with Gasteiger partial charge in [-0.3, -0.25) is 4.79 Å². The Kier molecular flexibility index (Phi) is 5.96. The zero-order valence-corrected chi connectivity index (χ0v) is 24.0. The van der Waals surface area contributed by atoms with Gasteiger partial charge in [-0.05, 0) is 122 Å². The second-order valence-electron chi connectivity index (χ2n) is 14.9. The van der Waals surface area contributed by atoms with Crippen molar-refractivity contribution in [3.63, 3.8) is 0 Å². The molecule has 0 N–H and O–H groups in total. The maximum atomic E-state index is 13.4. The van der Waals surface area contributed by atoms with E-state index in [2.05, 4.69) is 48.1 Å². The zero-order chi connectivity index (χ0) is 25.6. The van der Waals surface area contributed by atoms with Crippen LogP contribution in [0.3, 0.4) is 0 Å². The van der Waals surface area contributed by atoms with Gasteiger partial charge in [0.05, 0.1) is 18.6 Å². The lowest BCUT2D eigenvalue weighted by molar-refractivity contribution is -0.250. The number of methoxy groups -OCH3 is 2. The van der Waals surface area contributed by atoms with Crippen LogP contribution in [-0.4, -0.2) is 26.3 Å². The molecule has 5 saturated carbocycles. The molecule has 0 radical (unpaired) electrons. The van der Waals surface area contributed by atoms with E-state index < -0.39 is 0 Å². The molecule has 3 heteroatoms. The molecule has 0 spiro atoms. The Morgan fingerprint density at radius 3 is 2.14 bits per heavy atom. The van der Waals surface area contributed by atoms with Gasteiger partial charge in [0.1, 0.15) is 0 Å². The molecule has 198 valence electrons. The lowest BCUT2D eigenvalue weighted by Gasteiger charge is -2.72. The highest BCUT2D eigenvalue weighted by Gasteiger charge is 2.72. The third kappa shape index (κ3) is 3.09. The first kappa shape index (κ1) is 25.8. The van der Waals surface area contributed by atoms with Gasteiger partial charge in [-0.15, -0.1) is 0 Å². The van der Waals surface area contributed by atoms with Gasteiger partial charge in [0.15, 0.2) is 0 Å². The smallest absolute Gasteiger partial charge is 0.312 e. The number of fused-ring (bicyclic) bond motifs is 7. The van der Waals surface area contributed by atoms with Gasteiger partial charge in [0.2, 0.25) is 0 Å². The number of hydrogen-bond donors (Lipinski definition) is 0. The SMILES string of the molecule is C=C(C)C1CCC2(C(=O)OC)CC[C@]3(C)C(CCC4[C@@]5(C)CCC(OC)C(C)(C)C5CC[C@]43C)C12. The van der Waals surface area contributed by atoms with Crippen molar-refractivity contribution in [3.8, 4) is 0 Å². The molecule has 0 aliphatic heterocycles. The van der Waals surface area contributed by atoms with E-state index in [0.29, 0.717) is 34.7 Å². The number of carbonyl (C=O) groups is 1. The van der Waals surface area contributed by atoms with Crippen LogP contribution < -0.4 is 0 Å². The summed E-state index contributed by atoms with van der Waals surface area (Å²) in [6.45, 7) is 19.6. The zero-order valence-electron chi connectivity index (χ0n) is 24.0. The second kappa shape index (κ2) is 8.08. The lowest BCUT2D eigenvalue weighted by Crippen LogP contribution is -2.67. The molecule has 5 rings (SSSR count). The second-order valence-corrected chi connectivity index (χ2v) is 14.9. The van der Waals surface area contributed by atoms with Crippen LogP contribution in [-0.2, 0) is 14.3 Å². The highest BCUT2D eigenvalue weighted by Crippen LogP contribution is 2.77. The van der Waals surface area contributed by atoms with Crippen LogP contribution in [0.4, 0.5) is 0 Å². The quantitative estimate of drug-likeness (QED) is 0.302. The Balaban J connectivity index is 1.55. The van der Waals surface area contributed by atoms with Crippen molar-refractivity contribution in [1.82, 2.24) is 0 Å². The van der Waals surface area contributed by atoms with E-state index in [1.165, 1.54) is 50.5 Å². The Morgan fingerprint density at radius 1 is 0.800 bits per heavy atom. The fourth-order valence-electron chi connectivity index (χ4n) is 12.1. The van der Waals surface area contributed by atoms with Crippen LogP contribution in [0.5, 0.6) is 0 Å². The molecule has 0 heterocycles. The maximum Gasteiger partial charge on any atom is 0.312 e. The molecular formula is C32H52O3. The third-order valence-electron chi connectivity index (χ3n) is 13.9. The lowest BCUT2D eigenvalue weighted by atomic mass is 9.32. The summed E-state index contributed by atoms with van der Waals surface area (Å²) in [5.74, 6) is 2.99. The predicted molar refractivity (Wildman–Crippen MR) is 142 cm³/mol. The third-order valence-corrected chi connectivity index (χ3v) is 13.9. The molecule has 35 heavy (non-hydrogen) atoms. The van der Waals surface area contributed by atoms with Crippen LogP contribution >= 0.6 is 0 Å². The molecule has 0 aromatic carbocycles. The molecule has 3 nitrogen and oxygen atoms in total. The number of rotatable bonds is 3. The van der Waals surface area contributed by atoms with Crippen molar-refractivity contribution in [2.45, 2.75) is 112 Å². The van der Waals surface area contributed by atoms with Crippen molar-refractivity contribution in [1.29, 1.82) is 0 Å². The number of carbonyl (C=O) groups excluding carboxylic acids is 1. The van der Waals surface area contributed by atoms with E-state index >= 15 is 0 Å². The molecule has 5 fully saturated rings. The summed E-state index contributed by atoms with van der Waals surface area (Å²) in [6, 6.07) is 0. The molecule has 0 bridgehead atoms. The van der Waals surface area contributed by atoms with Crippen LogP contribution in [0.1, 0.15) is 106 Å². The van der Waals surface area contributed by atoms with Crippen molar-refractivity contribution < 1.29 is 14.3 Å². The molecule has 0 saturated heterocycles. The number of hydrogen-bond acceptors (Lipinski definition) is 3. The first-order valence-electron chi connectivity index (χ1n) is 14.6. The van der Waals surface area contributed by atoms with E-state index in [-0.39, 0.29) is 22.2 Å². The molecule has 5 aliphatic carbocycles. The minimum absolute atomic E-state index is 0.0656. The highest BCUT2D eigenvalue weighted by atomic mass is 16.5. The first-order valence-corrected chi connectivity index (χ1v) is 14.6. The van der Waals surface area contributed by atoms with Crippen molar-refractivity contribution >= 4 is 5.97 Å². The highest BCUT2D eigenvalue weighted by molar-refractivity contribution is 5.78. The molecule has 0 aromatic heterocycles. The van der Waals surface area contributed by atoms with Crippen LogP contribution in [0.2, 0.25) is 0 Å². The van der Waals surface area contributed by atoms with Crippen molar-refractivity contribution in [2.75, 3.05) is 14.2 Å². The summed E-state index contributed by atoms with van der Waals surface area (Å²) in [4.78, 5) is 13.4. The standard InChI is InChI=1S/C32H52O3/c1-20(2)21-12-17-32(27(33)35-9)19-18-30(6)22(26(21)32)10-11-24-29(5)15-14-25(34-8)28(3,4)23(29)13-16-31(24,30)7/h21-26H,1,10-19H2,2-9H3/t21?,22?,23?,24?,25?,26?,29-,30+,31+,32?/m0/s1. The Labute approximate surface area is 215 Å². The van der Waals surface area contributed by atoms with E-state index in [1.54, 1.807) is 7.11 Å². The molecule has 7 unspecified atom stereocenters. The number of allylic oxidation sites excluding steroid dienone is 1. The number of esters is 1. The van der Waals surface area contributed by atoms with E-state index in [0.717, 1.165) is 31.1 Å². The number of ether oxygens (including phenoxy) is 2. The average molecular weight is 485 g/mol. The summed E-state index contributed by atoms with van der Waals surface area (Å²) in [5, 5.41) is 0. The van der Waals surface area contributed by atoms with Gasteiger partial charge in [-0.2, -0.15) is 0 Å². The largest absolute Gasteiger partial charge is 0.469 e. The van der Waals surface area contributed by atoms with E-state index in [1.807, 2.05) is 7.11 Å². The summed E-state index contributed by atoms with van der Waals surface area (Å²) in [6.07, 6.45) is 12.3. The van der Waals surface area contributed by atoms with Crippen molar-refractivity contribution in [3.05, 3.63) is 12.2 Å². The van der Waals surface area contributed by atoms with Gasteiger partial charge >= 0.3 is 5.97 Å². The molecule has 0 amide bonds. The molecule has 10 atom stereocenters. The van der Waals surface area contributed by atoms with Crippen LogP contribution in [0.15, 0.2) is 12.2 Å². The minimum atomic E-state index is -0.286. The molecule has 0 aromatic rings. The fraction of sp³-hybridized carbons (Fsp3) is 0.906. The average Bonchev–Trinajstić information content (AvgIpc) is 3.20. The van der Waals surface area contributed by atoms with Gasteiger partial charge in [-0.25, -0.2) is 0 Å². The van der Waals surface area contributed by atoms with Gasteiger partial charge < -0.3 is 9.47 Å². The topological polar surface area (TPSA) is 35.5 Å². The van der Waals surface area contributed by atoms with Gasteiger partial charge in [0, 0.05) is 7.11 Å². The normalized spacial score (nSPS) is 52.5. The summed E-state index contributed by atoms with van der Waals surface area (Å²) >= 11 is 0. The van der Waals surface area contributed by atoms with Crippen LogP contribution in [0.25, 0.3) is 0 Å². The van der Waals surface area contributed by atoms with Gasteiger partial charge in [0.25, 0.3) is 0 Å². The van der Waals surface area contributed by atoms with Gasteiger partial charge in [-0.1, -0.05) is 46.8 Å². The predicted octanol–water partition coefficient (Wildman–Crippen LogP) is 7.83. The van der Waals surface area contributed by atoms with Crippen molar-refractivity contribution in [2.24, 2.45) is 56.7 Å². The fourth-order valence-corrected chi connectivity index (χ4v) is 12.1. The van der Waals surface area contributed by atoms with E-state index in [9.17, 15) is 4.79 Å². The first-order chi connectivity index (χ1) is 16.3. The van der Waals surface area contributed by atoms with Crippen LogP contribution in [0, 0.1) is 56.7 Å². The minimum Gasteiger partial charge on any atom is -0.469 e. The Bertz CT molecular complexity index is 891. The summed E-state index contributed by atoms with van der Waals surface area (Å²) < 4.78 is 11.6. The Morgan fingerprint density at radius 2 is 1.51 bits per heavy atom. The monoisotopic (exact) mass is 484 g/mol.